The van der Waals surface area contributed by atoms with Gasteiger partial charge in [0.15, 0.2) is 14.6 Å². The highest BCUT2D eigenvalue weighted by Crippen LogP contribution is 2.22. The van der Waals surface area contributed by atoms with E-state index < -0.39 is 9.84 Å². The average Bonchev–Trinajstić information content (AvgIpc) is 3.08. The molecule has 1 amide bonds. The summed E-state index contributed by atoms with van der Waals surface area (Å²) in [5.41, 5.74) is 1.26. The maximum absolute atomic E-state index is 12.8. The standard InChI is InChI=1S/C22H26N2O5S2/c1-4-5-13-29-17-8-6-16(7-9-17)21(25)23-22-24(12-14-28-2)19-11-10-18(31(3,26)27)15-20(19)30-22/h6-11,15H,4-5,12-14H2,1-3H3. The fourth-order valence-corrected chi connectivity index (χ4v) is 4.76. The molecule has 0 aliphatic carbocycles. The molecule has 3 aromatic rings. The molecule has 0 bridgehead atoms. The number of unbranched alkanes of at least 4 members (excludes halogenated alkanes) is 1. The van der Waals surface area contributed by atoms with Crippen molar-refractivity contribution in [1.29, 1.82) is 0 Å². The highest BCUT2D eigenvalue weighted by molar-refractivity contribution is 7.90. The van der Waals surface area contributed by atoms with Gasteiger partial charge in [-0.1, -0.05) is 24.7 Å². The SMILES string of the molecule is CCCCOc1ccc(C(=O)N=c2sc3cc(S(C)(=O)=O)ccc3n2CCOC)cc1. The first-order valence-electron chi connectivity index (χ1n) is 9.97. The number of rotatable bonds is 9. The Hall–Kier alpha value is -2.49. The molecule has 0 unspecified atom stereocenters. The van der Waals surface area contributed by atoms with Crippen LogP contribution in [0.2, 0.25) is 0 Å². The number of carbonyl (C=O) groups is 1. The maximum atomic E-state index is 12.8. The van der Waals surface area contributed by atoms with E-state index in [1.165, 1.54) is 17.6 Å². The van der Waals surface area contributed by atoms with Gasteiger partial charge in [-0.3, -0.25) is 4.79 Å². The molecule has 0 aliphatic rings. The molecule has 0 aliphatic heterocycles. The van der Waals surface area contributed by atoms with E-state index >= 15 is 0 Å². The molecule has 0 spiro atoms. The summed E-state index contributed by atoms with van der Waals surface area (Å²) >= 11 is 1.28. The molecule has 31 heavy (non-hydrogen) atoms. The minimum absolute atomic E-state index is 0.233. The van der Waals surface area contributed by atoms with Crippen LogP contribution in [0.3, 0.4) is 0 Å². The molecule has 3 rings (SSSR count). The van der Waals surface area contributed by atoms with Crippen molar-refractivity contribution >= 4 is 37.3 Å². The van der Waals surface area contributed by atoms with Crippen LogP contribution in [0.4, 0.5) is 0 Å². The number of nitrogens with zero attached hydrogens (tertiary/aromatic N) is 2. The number of methoxy groups -OCH3 is 1. The van der Waals surface area contributed by atoms with Crippen LogP contribution < -0.4 is 9.54 Å². The van der Waals surface area contributed by atoms with Crippen molar-refractivity contribution in [3.05, 3.63) is 52.8 Å². The van der Waals surface area contributed by atoms with Crippen LogP contribution in [0.5, 0.6) is 5.75 Å². The molecule has 9 heteroatoms. The highest BCUT2D eigenvalue weighted by atomic mass is 32.2. The van der Waals surface area contributed by atoms with Gasteiger partial charge in [0.1, 0.15) is 5.75 Å². The zero-order valence-electron chi connectivity index (χ0n) is 17.8. The Morgan fingerprint density at radius 1 is 1.13 bits per heavy atom. The smallest absolute Gasteiger partial charge is 0.279 e. The van der Waals surface area contributed by atoms with Gasteiger partial charge < -0.3 is 14.0 Å². The molecule has 0 saturated heterocycles. The summed E-state index contributed by atoms with van der Waals surface area (Å²) in [4.78, 5) is 17.8. The van der Waals surface area contributed by atoms with Gasteiger partial charge in [-0.2, -0.15) is 4.99 Å². The first kappa shape index (κ1) is 23.2. The molecule has 7 nitrogen and oxygen atoms in total. The number of aromatic nitrogens is 1. The summed E-state index contributed by atoms with van der Waals surface area (Å²) in [5.74, 6) is 0.344. The average molecular weight is 463 g/mol. The summed E-state index contributed by atoms with van der Waals surface area (Å²) < 4.78 is 37.2. The summed E-state index contributed by atoms with van der Waals surface area (Å²) in [6, 6.07) is 11.8. The zero-order chi connectivity index (χ0) is 22.4. The number of hydrogen-bond donors (Lipinski definition) is 0. The topological polar surface area (TPSA) is 87.0 Å². The minimum atomic E-state index is -3.33. The van der Waals surface area contributed by atoms with Crippen LogP contribution in [-0.4, -0.2) is 45.5 Å². The molecule has 0 saturated carbocycles. The number of fused-ring (bicyclic) bond motifs is 1. The van der Waals surface area contributed by atoms with Crippen molar-refractivity contribution in [1.82, 2.24) is 4.57 Å². The second kappa shape index (κ2) is 10.2. The van der Waals surface area contributed by atoms with Gasteiger partial charge >= 0.3 is 0 Å². The zero-order valence-corrected chi connectivity index (χ0v) is 19.5. The van der Waals surface area contributed by atoms with Gasteiger partial charge in [-0.15, -0.1) is 0 Å². The van der Waals surface area contributed by atoms with Crippen molar-refractivity contribution < 1.29 is 22.7 Å². The van der Waals surface area contributed by atoms with Gasteiger partial charge in [-0.05, 0) is 48.9 Å². The molecular formula is C22H26N2O5S2. The molecule has 0 atom stereocenters. The second-order valence-corrected chi connectivity index (χ2v) is 10.1. The molecule has 0 radical (unpaired) electrons. The van der Waals surface area contributed by atoms with Crippen LogP contribution in [0.25, 0.3) is 10.2 Å². The molecule has 0 fully saturated rings. The van der Waals surface area contributed by atoms with Crippen LogP contribution in [-0.2, 0) is 21.1 Å². The Labute approximate surface area is 185 Å². The second-order valence-electron chi connectivity index (χ2n) is 7.07. The lowest BCUT2D eigenvalue weighted by Gasteiger charge is -2.06. The lowest BCUT2D eigenvalue weighted by atomic mass is 10.2. The van der Waals surface area contributed by atoms with Crippen molar-refractivity contribution in [2.24, 2.45) is 4.99 Å². The van der Waals surface area contributed by atoms with Crippen LogP contribution >= 0.6 is 11.3 Å². The fourth-order valence-electron chi connectivity index (χ4n) is 2.95. The molecule has 166 valence electrons. The summed E-state index contributed by atoms with van der Waals surface area (Å²) in [5, 5.41) is 0. The summed E-state index contributed by atoms with van der Waals surface area (Å²) in [6.07, 6.45) is 3.20. The van der Waals surface area contributed by atoms with Gasteiger partial charge in [0.05, 0.1) is 28.3 Å². The Kier molecular flexibility index (Phi) is 7.64. The molecule has 2 aromatic carbocycles. The van der Waals surface area contributed by atoms with Crippen molar-refractivity contribution in [3.8, 4) is 5.75 Å². The number of sulfone groups is 1. The molecular weight excluding hydrogens is 436 g/mol. The van der Waals surface area contributed by atoms with Crippen molar-refractivity contribution in [2.45, 2.75) is 31.2 Å². The van der Waals surface area contributed by atoms with E-state index in [1.54, 1.807) is 49.6 Å². The van der Waals surface area contributed by atoms with E-state index in [4.69, 9.17) is 9.47 Å². The fraction of sp³-hybridized carbons (Fsp3) is 0.364. The lowest BCUT2D eigenvalue weighted by Crippen LogP contribution is -2.19. The Morgan fingerprint density at radius 2 is 1.87 bits per heavy atom. The summed E-state index contributed by atoms with van der Waals surface area (Å²) in [6.45, 7) is 3.67. The summed E-state index contributed by atoms with van der Waals surface area (Å²) in [7, 11) is -1.73. The van der Waals surface area contributed by atoms with E-state index in [2.05, 4.69) is 11.9 Å². The molecule has 1 aromatic heterocycles. The van der Waals surface area contributed by atoms with Crippen LogP contribution in [0.1, 0.15) is 30.1 Å². The van der Waals surface area contributed by atoms with Gasteiger partial charge in [0.25, 0.3) is 5.91 Å². The van der Waals surface area contributed by atoms with Gasteiger partial charge in [0.2, 0.25) is 0 Å². The molecule has 1 heterocycles. The number of amides is 1. The van der Waals surface area contributed by atoms with E-state index in [0.29, 0.717) is 30.1 Å². The number of ether oxygens (including phenoxy) is 2. The predicted molar refractivity (Wildman–Crippen MR) is 122 cm³/mol. The van der Waals surface area contributed by atoms with Crippen molar-refractivity contribution in [2.75, 3.05) is 26.6 Å². The van der Waals surface area contributed by atoms with E-state index in [0.717, 1.165) is 28.8 Å². The number of hydrogen-bond acceptors (Lipinski definition) is 6. The third kappa shape index (κ3) is 5.81. The quantitative estimate of drug-likeness (QED) is 0.453. The highest BCUT2D eigenvalue weighted by Gasteiger charge is 2.13. The lowest BCUT2D eigenvalue weighted by molar-refractivity contribution is 0.0997. The first-order valence-corrected chi connectivity index (χ1v) is 12.7. The number of benzene rings is 2. The Balaban J connectivity index is 1.96. The normalized spacial score (nSPS) is 12.4. The van der Waals surface area contributed by atoms with E-state index in [1.807, 2.05) is 4.57 Å². The maximum Gasteiger partial charge on any atom is 0.279 e. The van der Waals surface area contributed by atoms with Crippen LogP contribution in [0.15, 0.2) is 52.4 Å². The number of thiazole rings is 1. The Morgan fingerprint density at radius 3 is 2.52 bits per heavy atom. The predicted octanol–water partition coefficient (Wildman–Crippen LogP) is 3.67. The first-order chi connectivity index (χ1) is 14.8. The van der Waals surface area contributed by atoms with E-state index in [-0.39, 0.29) is 10.8 Å². The number of carbonyl (C=O) groups excluding carboxylic acids is 1. The third-order valence-corrected chi connectivity index (χ3v) is 6.82. The monoisotopic (exact) mass is 462 g/mol. The van der Waals surface area contributed by atoms with Gasteiger partial charge in [0, 0.05) is 25.5 Å². The van der Waals surface area contributed by atoms with Crippen LogP contribution in [0, 0.1) is 0 Å². The largest absolute Gasteiger partial charge is 0.494 e. The molecule has 0 N–H and O–H groups in total. The van der Waals surface area contributed by atoms with E-state index in [9.17, 15) is 13.2 Å². The third-order valence-electron chi connectivity index (χ3n) is 4.67. The Bertz CT molecular complexity index is 1230. The minimum Gasteiger partial charge on any atom is -0.494 e. The van der Waals surface area contributed by atoms with Crippen molar-refractivity contribution in [3.63, 3.8) is 0 Å². The van der Waals surface area contributed by atoms with Gasteiger partial charge in [-0.25, -0.2) is 8.42 Å².